The number of ether oxygens (including phenoxy) is 2. The zero-order valence-corrected chi connectivity index (χ0v) is 22.0. The van der Waals surface area contributed by atoms with E-state index in [1.807, 2.05) is 13.8 Å². The van der Waals surface area contributed by atoms with E-state index in [1.165, 1.54) is 12.8 Å². The third kappa shape index (κ3) is 12.7. The molecule has 6 nitrogen and oxygen atoms in total. The number of hydrogen-bond donors (Lipinski definition) is 0. The van der Waals surface area contributed by atoms with E-state index in [2.05, 4.69) is 13.8 Å². The first-order valence-electron chi connectivity index (χ1n) is 12.4. The maximum absolute atomic E-state index is 12.2. The zero-order valence-electron chi connectivity index (χ0n) is 22.0. The van der Waals surface area contributed by atoms with Crippen LogP contribution in [0.2, 0.25) is 0 Å². The molecular weight excluding hydrogens is 444 g/mol. The van der Waals surface area contributed by atoms with Crippen molar-refractivity contribution in [3.63, 3.8) is 0 Å². The summed E-state index contributed by atoms with van der Waals surface area (Å²) in [6.45, 7) is 11.9. The summed E-state index contributed by atoms with van der Waals surface area (Å²) >= 11 is 0. The lowest BCUT2D eigenvalue weighted by Gasteiger charge is -2.11. The van der Waals surface area contributed by atoms with Crippen LogP contribution in [0.1, 0.15) is 101 Å². The van der Waals surface area contributed by atoms with Gasteiger partial charge in [-0.2, -0.15) is 0 Å². The lowest BCUT2D eigenvalue weighted by atomic mass is 10.0. The Bertz CT molecular complexity index is 915. The Hall–Kier alpha value is -3.28. The molecule has 2 aromatic carbocycles. The first kappa shape index (κ1) is 31.7. The van der Waals surface area contributed by atoms with Gasteiger partial charge < -0.3 is 9.47 Å². The molecule has 6 heteroatoms. The number of carbonyl (C=O) groups excluding carboxylic acids is 4. The molecule has 2 rings (SSSR count). The molecule has 35 heavy (non-hydrogen) atoms. The van der Waals surface area contributed by atoms with Gasteiger partial charge >= 0.3 is 11.9 Å². The summed E-state index contributed by atoms with van der Waals surface area (Å²) in [7, 11) is 0. The number of rotatable bonds is 11. The van der Waals surface area contributed by atoms with Crippen molar-refractivity contribution in [2.75, 3.05) is 0 Å². The van der Waals surface area contributed by atoms with E-state index in [1.54, 1.807) is 62.4 Å². The molecule has 0 radical (unpaired) electrons. The number of aldehydes is 1. The zero-order chi connectivity index (χ0) is 26.6. The Morgan fingerprint density at radius 2 is 1.23 bits per heavy atom. The maximum atomic E-state index is 12.2. The normalized spacial score (nSPS) is 9.69. The summed E-state index contributed by atoms with van der Waals surface area (Å²) in [5.41, 5.74) is 0.687. The van der Waals surface area contributed by atoms with Gasteiger partial charge in [-0.1, -0.05) is 78.6 Å². The first-order valence-corrected chi connectivity index (χ1v) is 12.4. The Labute approximate surface area is 210 Å². The van der Waals surface area contributed by atoms with E-state index >= 15 is 0 Å². The average molecular weight is 485 g/mol. The molecule has 0 heterocycles. The molecule has 0 saturated heterocycles. The van der Waals surface area contributed by atoms with E-state index < -0.39 is 11.9 Å². The van der Waals surface area contributed by atoms with Crippen molar-refractivity contribution in [2.24, 2.45) is 5.92 Å². The van der Waals surface area contributed by atoms with Gasteiger partial charge in [0.15, 0.2) is 12.1 Å². The fourth-order valence-corrected chi connectivity index (χ4v) is 2.63. The quantitative estimate of drug-likeness (QED) is 0.110. The standard InChI is InChI=1S/C23H24O6.C4H10.C2H6/c1-16(2)23(27)18-10-4-6-12-20(18)29-22(26)14-8-7-13-21(25)28-19-11-5-3-9-17(19)15-24;1-3-4-2;1-2/h3-6,9-12,15-16H,7-8,13-14H2,1-2H3;3-4H2,1-2H3;1-2H3. The molecule has 0 aliphatic carbocycles. The second-order valence-corrected chi connectivity index (χ2v) is 7.83. The van der Waals surface area contributed by atoms with Crippen molar-refractivity contribution < 1.29 is 28.7 Å². The summed E-state index contributed by atoms with van der Waals surface area (Å²) < 4.78 is 10.5. The summed E-state index contributed by atoms with van der Waals surface area (Å²) in [5.74, 6) is -0.759. The van der Waals surface area contributed by atoms with Gasteiger partial charge in [0.25, 0.3) is 0 Å². The molecule has 0 amide bonds. The van der Waals surface area contributed by atoms with Crippen molar-refractivity contribution in [3.8, 4) is 11.5 Å². The third-order valence-corrected chi connectivity index (χ3v) is 4.68. The van der Waals surface area contributed by atoms with Crippen LogP contribution in [0.25, 0.3) is 0 Å². The van der Waals surface area contributed by atoms with Gasteiger partial charge in [-0.3, -0.25) is 19.2 Å². The van der Waals surface area contributed by atoms with E-state index in [4.69, 9.17) is 9.47 Å². The predicted molar refractivity (Wildman–Crippen MR) is 139 cm³/mol. The molecule has 0 bridgehead atoms. The molecule has 0 saturated carbocycles. The smallest absolute Gasteiger partial charge is 0.311 e. The van der Waals surface area contributed by atoms with Gasteiger partial charge in [0.1, 0.15) is 11.5 Å². The van der Waals surface area contributed by atoms with Crippen LogP contribution in [0.3, 0.4) is 0 Å². The first-order chi connectivity index (χ1) is 16.8. The Kier molecular flexibility index (Phi) is 17.3. The minimum atomic E-state index is -0.472. The molecule has 0 fully saturated rings. The molecular formula is C29H40O6. The van der Waals surface area contributed by atoms with Crippen LogP contribution >= 0.6 is 0 Å². The number of carbonyl (C=O) groups is 4. The Morgan fingerprint density at radius 3 is 1.71 bits per heavy atom. The SMILES string of the molecule is CC.CC(C)C(=O)c1ccccc1OC(=O)CCCCC(=O)Oc1ccccc1C=O.CCCC. The van der Waals surface area contributed by atoms with Crippen LogP contribution in [-0.4, -0.2) is 24.0 Å². The molecule has 0 aliphatic heterocycles. The van der Waals surface area contributed by atoms with Gasteiger partial charge in [-0.05, 0) is 37.1 Å². The number of unbranched alkanes of at least 4 members (excludes halogenated alkanes) is 2. The second kappa shape index (κ2) is 19.1. The van der Waals surface area contributed by atoms with Crippen LogP contribution < -0.4 is 9.47 Å². The lowest BCUT2D eigenvalue weighted by molar-refractivity contribution is -0.136. The van der Waals surface area contributed by atoms with E-state index in [0.29, 0.717) is 30.3 Å². The largest absolute Gasteiger partial charge is 0.426 e. The molecule has 0 aromatic heterocycles. The fraction of sp³-hybridized carbons (Fsp3) is 0.448. The molecule has 0 spiro atoms. The van der Waals surface area contributed by atoms with Crippen molar-refractivity contribution in [1.82, 2.24) is 0 Å². The van der Waals surface area contributed by atoms with Crippen LogP contribution in [0.5, 0.6) is 11.5 Å². The van der Waals surface area contributed by atoms with Crippen LogP contribution in [-0.2, 0) is 9.59 Å². The fourth-order valence-electron chi connectivity index (χ4n) is 2.63. The highest BCUT2D eigenvalue weighted by atomic mass is 16.5. The van der Waals surface area contributed by atoms with Crippen LogP contribution in [0.4, 0.5) is 0 Å². The summed E-state index contributed by atoms with van der Waals surface area (Å²) in [6, 6.07) is 13.1. The number of Topliss-reactive ketones (excluding diaryl/α,β-unsaturated/α-hetero) is 1. The Balaban J connectivity index is 0.00000174. The summed E-state index contributed by atoms with van der Waals surface area (Å²) in [4.78, 5) is 47.1. The Morgan fingerprint density at radius 1 is 0.771 bits per heavy atom. The van der Waals surface area contributed by atoms with E-state index in [0.717, 1.165) is 0 Å². The molecule has 192 valence electrons. The van der Waals surface area contributed by atoms with E-state index in [9.17, 15) is 19.2 Å². The molecule has 2 aromatic rings. The lowest BCUT2D eigenvalue weighted by Crippen LogP contribution is -2.14. The molecule has 0 aliphatic rings. The molecule has 0 unspecified atom stereocenters. The van der Waals surface area contributed by atoms with Gasteiger partial charge in [-0.15, -0.1) is 0 Å². The minimum absolute atomic E-state index is 0.0910. The van der Waals surface area contributed by atoms with Gasteiger partial charge in [0.05, 0.1) is 11.1 Å². The van der Waals surface area contributed by atoms with Gasteiger partial charge in [0, 0.05) is 18.8 Å². The van der Waals surface area contributed by atoms with Crippen molar-refractivity contribution >= 4 is 24.0 Å². The second-order valence-electron chi connectivity index (χ2n) is 7.83. The highest BCUT2D eigenvalue weighted by molar-refractivity contribution is 6.00. The number of ketones is 1. The summed E-state index contributed by atoms with van der Waals surface area (Å²) in [5, 5.41) is 0. The molecule has 0 atom stereocenters. The van der Waals surface area contributed by atoms with Gasteiger partial charge in [-0.25, -0.2) is 0 Å². The molecule has 0 N–H and O–H groups in total. The van der Waals surface area contributed by atoms with Crippen molar-refractivity contribution in [2.45, 2.75) is 80.1 Å². The third-order valence-electron chi connectivity index (χ3n) is 4.68. The van der Waals surface area contributed by atoms with Crippen LogP contribution in [0, 0.1) is 5.92 Å². The highest BCUT2D eigenvalue weighted by Gasteiger charge is 2.17. The average Bonchev–Trinajstić information content (AvgIpc) is 2.88. The van der Waals surface area contributed by atoms with E-state index in [-0.39, 0.29) is 36.0 Å². The van der Waals surface area contributed by atoms with Crippen molar-refractivity contribution in [1.29, 1.82) is 0 Å². The topological polar surface area (TPSA) is 86.7 Å². The summed E-state index contributed by atoms with van der Waals surface area (Å²) in [6.07, 6.45) is 4.36. The predicted octanol–water partition coefficient (Wildman–Crippen LogP) is 7.24. The number of hydrogen-bond acceptors (Lipinski definition) is 6. The maximum Gasteiger partial charge on any atom is 0.311 e. The minimum Gasteiger partial charge on any atom is -0.426 e. The monoisotopic (exact) mass is 484 g/mol. The highest BCUT2D eigenvalue weighted by Crippen LogP contribution is 2.22. The number of esters is 2. The van der Waals surface area contributed by atoms with Gasteiger partial charge in [0.2, 0.25) is 0 Å². The van der Waals surface area contributed by atoms with Crippen molar-refractivity contribution in [3.05, 3.63) is 59.7 Å². The number of benzene rings is 2. The number of para-hydroxylation sites is 2. The van der Waals surface area contributed by atoms with Crippen LogP contribution in [0.15, 0.2) is 48.5 Å².